The predicted molar refractivity (Wildman–Crippen MR) is 96.7 cm³/mol. The third-order valence-corrected chi connectivity index (χ3v) is 5.54. The van der Waals surface area contributed by atoms with Crippen LogP contribution in [0.2, 0.25) is 0 Å². The van der Waals surface area contributed by atoms with Gasteiger partial charge < -0.3 is 14.7 Å². The molecule has 0 aliphatic heterocycles. The number of rotatable bonds is 5. The van der Waals surface area contributed by atoms with Gasteiger partial charge in [-0.25, -0.2) is 9.66 Å². The van der Waals surface area contributed by atoms with Crippen molar-refractivity contribution in [1.82, 2.24) is 19.9 Å². The van der Waals surface area contributed by atoms with Crippen molar-refractivity contribution in [2.24, 2.45) is 0 Å². The minimum Gasteiger partial charge on any atom is -0.469 e. The highest BCUT2D eigenvalue weighted by molar-refractivity contribution is 7.98. The summed E-state index contributed by atoms with van der Waals surface area (Å²) in [5.74, 6) is 9.50. The van der Waals surface area contributed by atoms with E-state index in [9.17, 15) is 0 Å². The van der Waals surface area contributed by atoms with E-state index < -0.39 is 0 Å². The van der Waals surface area contributed by atoms with Crippen molar-refractivity contribution in [3.63, 3.8) is 0 Å². The Morgan fingerprint density at radius 1 is 1.24 bits per heavy atom. The summed E-state index contributed by atoms with van der Waals surface area (Å²) in [4.78, 5) is 5.59. The molecular weight excluding hydrogens is 358 g/mol. The molecule has 0 aliphatic carbocycles. The Morgan fingerprint density at radius 3 is 2.84 bits per heavy atom. The maximum Gasteiger partial charge on any atom is 0.236 e. The van der Waals surface area contributed by atoms with Crippen LogP contribution in [0.4, 0.5) is 0 Å². The van der Waals surface area contributed by atoms with Gasteiger partial charge in [0, 0.05) is 5.75 Å². The van der Waals surface area contributed by atoms with Gasteiger partial charge in [0.05, 0.1) is 22.4 Å². The summed E-state index contributed by atoms with van der Waals surface area (Å²) >= 11 is 3.06. The van der Waals surface area contributed by atoms with Gasteiger partial charge in [0.25, 0.3) is 0 Å². The number of hydrogen-bond donors (Lipinski definition) is 1. The molecule has 0 saturated heterocycles. The zero-order valence-electron chi connectivity index (χ0n) is 13.6. The average Bonchev–Trinajstić information content (AvgIpc) is 3.35. The van der Waals surface area contributed by atoms with Crippen LogP contribution in [0.3, 0.4) is 0 Å². The summed E-state index contributed by atoms with van der Waals surface area (Å²) in [6, 6.07) is 5.79. The largest absolute Gasteiger partial charge is 0.469 e. The molecule has 0 fully saturated rings. The Morgan fingerprint density at radius 2 is 2.12 bits per heavy atom. The molecule has 0 saturated carbocycles. The van der Waals surface area contributed by atoms with Crippen LogP contribution in [0, 0.1) is 13.8 Å². The third-order valence-electron chi connectivity index (χ3n) is 3.73. The molecule has 2 N–H and O–H groups in total. The molecule has 0 unspecified atom stereocenters. The van der Waals surface area contributed by atoms with E-state index in [1.165, 1.54) is 16.4 Å². The number of hydrogen-bond acceptors (Lipinski definition) is 8. The molecule has 4 aromatic heterocycles. The van der Waals surface area contributed by atoms with Crippen molar-refractivity contribution in [3.05, 3.63) is 47.1 Å². The lowest BCUT2D eigenvalue weighted by Gasteiger charge is -2.02. The van der Waals surface area contributed by atoms with Gasteiger partial charge in [0.1, 0.15) is 11.5 Å². The van der Waals surface area contributed by atoms with Crippen LogP contribution >= 0.6 is 23.1 Å². The van der Waals surface area contributed by atoms with Crippen LogP contribution in [0.1, 0.15) is 17.2 Å². The van der Waals surface area contributed by atoms with E-state index in [1.807, 2.05) is 37.4 Å². The van der Waals surface area contributed by atoms with Crippen molar-refractivity contribution >= 4 is 23.1 Å². The smallest absolute Gasteiger partial charge is 0.236 e. The van der Waals surface area contributed by atoms with Crippen molar-refractivity contribution < 1.29 is 8.83 Å². The first-order chi connectivity index (χ1) is 12.1. The summed E-state index contributed by atoms with van der Waals surface area (Å²) in [5, 5.41) is 10.9. The summed E-state index contributed by atoms with van der Waals surface area (Å²) in [6.07, 6.45) is 1.61. The number of nitrogens with two attached hydrogens (primary N) is 1. The normalized spacial score (nSPS) is 11.3. The highest BCUT2D eigenvalue weighted by atomic mass is 32.2. The second kappa shape index (κ2) is 6.41. The average molecular weight is 373 g/mol. The molecule has 0 bridgehead atoms. The molecule has 4 aromatic rings. The number of oxazole rings is 1. The number of aryl methyl sites for hydroxylation is 2. The maximum atomic E-state index is 6.13. The lowest BCUT2D eigenvalue weighted by Crippen LogP contribution is -2.11. The quantitative estimate of drug-likeness (QED) is 0.419. The zero-order valence-corrected chi connectivity index (χ0v) is 15.2. The van der Waals surface area contributed by atoms with Gasteiger partial charge >= 0.3 is 0 Å². The molecule has 0 amide bonds. The van der Waals surface area contributed by atoms with Gasteiger partial charge in [-0.3, -0.25) is 0 Å². The third kappa shape index (κ3) is 2.96. The first-order valence-corrected chi connectivity index (χ1v) is 9.38. The molecule has 0 atom stereocenters. The molecule has 4 heterocycles. The number of aromatic nitrogens is 4. The van der Waals surface area contributed by atoms with E-state index in [0.717, 1.165) is 27.7 Å². The van der Waals surface area contributed by atoms with Crippen molar-refractivity contribution in [1.29, 1.82) is 0 Å². The lowest BCUT2D eigenvalue weighted by atomic mass is 10.2. The fourth-order valence-electron chi connectivity index (χ4n) is 2.38. The maximum absolute atomic E-state index is 6.13. The molecular formula is C16H15N5O2S2. The number of thiophene rings is 1. The van der Waals surface area contributed by atoms with E-state index >= 15 is 0 Å². The standard InChI is InChI=1S/C16H15N5O2S2/c1-9-11(5-6-22-9)14-19-20-16(21(14)17)25-8-12-10(2)23-15(18-12)13-4-3-7-24-13/h3-7H,8,17H2,1-2H3. The van der Waals surface area contributed by atoms with E-state index in [1.54, 1.807) is 17.6 Å². The Hall–Kier alpha value is -2.52. The summed E-state index contributed by atoms with van der Waals surface area (Å²) in [5.41, 5.74) is 1.71. The lowest BCUT2D eigenvalue weighted by molar-refractivity contribution is 0.535. The topological polar surface area (TPSA) is 95.9 Å². The van der Waals surface area contributed by atoms with Gasteiger partial charge in [-0.15, -0.1) is 21.5 Å². The van der Waals surface area contributed by atoms with E-state index in [2.05, 4.69) is 15.2 Å². The highest BCUT2D eigenvalue weighted by Crippen LogP contribution is 2.30. The Kier molecular flexibility index (Phi) is 4.10. The van der Waals surface area contributed by atoms with Gasteiger partial charge in [-0.1, -0.05) is 17.8 Å². The van der Waals surface area contributed by atoms with Gasteiger partial charge in [0.2, 0.25) is 11.0 Å². The van der Waals surface area contributed by atoms with Crippen LogP contribution < -0.4 is 5.84 Å². The van der Waals surface area contributed by atoms with Gasteiger partial charge in [0.15, 0.2) is 5.82 Å². The van der Waals surface area contributed by atoms with Crippen LogP contribution in [-0.2, 0) is 5.75 Å². The Labute approximate surface area is 151 Å². The Bertz CT molecular complexity index is 1000. The highest BCUT2D eigenvalue weighted by Gasteiger charge is 2.18. The summed E-state index contributed by atoms with van der Waals surface area (Å²) in [7, 11) is 0. The minimum absolute atomic E-state index is 0.574. The van der Waals surface area contributed by atoms with Crippen molar-refractivity contribution in [3.8, 4) is 22.2 Å². The van der Waals surface area contributed by atoms with Crippen molar-refractivity contribution in [2.75, 3.05) is 5.84 Å². The molecule has 0 spiro atoms. The second-order valence-electron chi connectivity index (χ2n) is 5.35. The van der Waals surface area contributed by atoms with Crippen LogP contribution in [-0.4, -0.2) is 19.9 Å². The molecule has 0 aromatic carbocycles. The first-order valence-electron chi connectivity index (χ1n) is 7.51. The second-order valence-corrected chi connectivity index (χ2v) is 7.24. The fraction of sp³-hybridized carbons (Fsp3) is 0.188. The molecule has 0 aliphatic rings. The molecule has 25 heavy (non-hydrogen) atoms. The predicted octanol–water partition coefficient (Wildman–Crippen LogP) is 3.88. The van der Waals surface area contributed by atoms with Gasteiger partial charge in [-0.05, 0) is 31.4 Å². The van der Waals surface area contributed by atoms with Gasteiger partial charge in [-0.2, -0.15) is 0 Å². The SMILES string of the molecule is Cc1occc1-c1nnc(SCc2nc(-c3cccs3)oc2C)n1N. The van der Waals surface area contributed by atoms with Crippen LogP contribution in [0.15, 0.2) is 43.8 Å². The monoisotopic (exact) mass is 373 g/mol. The fourth-order valence-corrected chi connectivity index (χ4v) is 3.88. The molecule has 4 rings (SSSR count). The molecule has 128 valence electrons. The van der Waals surface area contributed by atoms with Crippen LogP contribution in [0.5, 0.6) is 0 Å². The van der Waals surface area contributed by atoms with Crippen LogP contribution in [0.25, 0.3) is 22.2 Å². The summed E-state index contributed by atoms with van der Waals surface area (Å²) < 4.78 is 12.5. The molecule has 9 heteroatoms. The zero-order chi connectivity index (χ0) is 17.4. The Balaban J connectivity index is 1.53. The minimum atomic E-state index is 0.574. The molecule has 0 radical (unpaired) electrons. The summed E-state index contributed by atoms with van der Waals surface area (Å²) in [6.45, 7) is 3.77. The van der Waals surface area contributed by atoms with E-state index in [4.69, 9.17) is 14.7 Å². The molecule has 7 nitrogen and oxygen atoms in total. The number of thioether (sulfide) groups is 1. The van der Waals surface area contributed by atoms with E-state index in [-0.39, 0.29) is 0 Å². The first kappa shape index (κ1) is 16.0. The van der Waals surface area contributed by atoms with E-state index in [0.29, 0.717) is 22.6 Å². The van der Waals surface area contributed by atoms with Crippen molar-refractivity contribution in [2.45, 2.75) is 24.8 Å². The number of nitrogens with zero attached hydrogens (tertiary/aromatic N) is 4. The number of nitrogen functional groups attached to an aromatic ring is 1. The number of furan rings is 1.